The number of aromatic amines is 1. The lowest BCUT2D eigenvalue weighted by Crippen LogP contribution is -2.41. The monoisotopic (exact) mass is 343 g/mol. The maximum Gasteiger partial charge on any atom is 0.354 e. The van der Waals surface area contributed by atoms with Gasteiger partial charge in [-0.1, -0.05) is 12.5 Å². The number of nitrogens with zero attached hydrogens (tertiary/aromatic N) is 3. The van der Waals surface area contributed by atoms with Gasteiger partial charge in [0.15, 0.2) is 11.4 Å². The van der Waals surface area contributed by atoms with Crippen molar-refractivity contribution in [2.45, 2.75) is 25.3 Å². The molecule has 1 amide bonds. The van der Waals surface area contributed by atoms with Crippen LogP contribution >= 0.6 is 0 Å². The van der Waals surface area contributed by atoms with E-state index in [4.69, 9.17) is 5.11 Å². The fourth-order valence-electron chi connectivity index (χ4n) is 3.16. The number of hydrogen-bond donors (Lipinski definition) is 3. The Morgan fingerprint density at radius 2 is 2.12 bits per heavy atom. The van der Waals surface area contributed by atoms with Gasteiger partial charge in [-0.3, -0.25) is 14.7 Å². The summed E-state index contributed by atoms with van der Waals surface area (Å²) in [6, 6.07) is 3.88. The quantitative estimate of drug-likeness (QED) is 0.732. The Morgan fingerprint density at radius 3 is 2.80 bits per heavy atom. The van der Waals surface area contributed by atoms with E-state index in [0.29, 0.717) is 6.54 Å². The lowest BCUT2D eigenvalue weighted by molar-refractivity contribution is 0.0684. The highest BCUT2D eigenvalue weighted by Crippen LogP contribution is 2.23. The third-order valence-electron chi connectivity index (χ3n) is 4.42. The molecule has 1 aliphatic rings. The normalized spacial score (nSPS) is 16.3. The molecule has 2 aromatic heterocycles. The van der Waals surface area contributed by atoms with Crippen LogP contribution in [-0.2, 0) is 0 Å². The Balaban J connectivity index is 1.73. The number of pyridine rings is 1. The number of aromatic nitrogens is 3. The predicted octanol–water partition coefficient (Wildman–Crippen LogP) is 1.46. The largest absolute Gasteiger partial charge is 0.477 e. The number of carbonyl (C=O) groups is 2. The summed E-state index contributed by atoms with van der Waals surface area (Å²) in [5.41, 5.74) is 0.731. The second-order valence-electron chi connectivity index (χ2n) is 6.04. The van der Waals surface area contributed by atoms with Crippen molar-refractivity contribution in [1.29, 1.82) is 0 Å². The third-order valence-corrected chi connectivity index (χ3v) is 4.42. The molecule has 8 nitrogen and oxygen atoms in total. The first-order chi connectivity index (χ1) is 12.2. The van der Waals surface area contributed by atoms with E-state index < -0.39 is 11.9 Å². The molecule has 1 fully saturated rings. The number of imidazole rings is 1. The minimum Gasteiger partial charge on any atom is -0.477 e. The molecule has 8 heteroatoms. The van der Waals surface area contributed by atoms with Crippen LogP contribution in [-0.4, -0.2) is 56.5 Å². The van der Waals surface area contributed by atoms with Crippen LogP contribution in [0.4, 0.5) is 0 Å². The number of hydrogen-bond acceptors (Lipinski definition) is 5. The topological polar surface area (TPSA) is 111 Å². The number of rotatable bonds is 6. The van der Waals surface area contributed by atoms with E-state index in [2.05, 4.69) is 25.2 Å². The zero-order valence-corrected chi connectivity index (χ0v) is 13.8. The second kappa shape index (κ2) is 7.89. The Hall–Kier alpha value is -2.74. The van der Waals surface area contributed by atoms with Gasteiger partial charge < -0.3 is 15.4 Å². The van der Waals surface area contributed by atoms with Crippen molar-refractivity contribution in [2.75, 3.05) is 19.6 Å². The van der Waals surface area contributed by atoms with Gasteiger partial charge in [0, 0.05) is 18.9 Å². The first kappa shape index (κ1) is 17.1. The van der Waals surface area contributed by atoms with Crippen LogP contribution in [0.25, 0.3) is 0 Å². The molecule has 3 heterocycles. The highest BCUT2D eigenvalue weighted by molar-refractivity contribution is 6.02. The van der Waals surface area contributed by atoms with Crippen molar-refractivity contribution < 1.29 is 14.7 Å². The Kier molecular flexibility index (Phi) is 5.39. The molecular formula is C17H21N5O3. The summed E-state index contributed by atoms with van der Waals surface area (Å²) < 4.78 is 0. The minimum atomic E-state index is -1.21. The molecule has 0 unspecified atom stereocenters. The van der Waals surface area contributed by atoms with Crippen LogP contribution in [0, 0.1) is 0 Å². The van der Waals surface area contributed by atoms with Crippen molar-refractivity contribution in [2.24, 2.45) is 0 Å². The molecule has 0 aromatic carbocycles. The molecule has 2 aromatic rings. The van der Waals surface area contributed by atoms with E-state index >= 15 is 0 Å². The van der Waals surface area contributed by atoms with Gasteiger partial charge in [0.25, 0.3) is 5.91 Å². The van der Waals surface area contributed by atoms with Gasteiger partial charge in [-0.25, -0.2) is 9.78 Å². The smallest absolute Gasteiger partial charge is 0.354 e. The summed E-state index contributed by atoms with van der Waals surface area (Å²) >= 11 is 0. The molecule has 1 atom stereocenters. The molecule has 0 radical (unpaired) electrons. The molecule has 0 bridgehead atoms. The van der Waals surface area contributed by atoms with E-state index in [1.165, 1.54) is 12.7 Å². The van der Waals surface area contributed by atoms with Crippen LogP contribution < -0.4 is 5.32 Å². The van der Waals surface area contributed by atoms with Crippen molar-refractivity contribution in [3.05, 3.63) is 47.8 Å². The summed E-state index contributed by atoms with van der Waals surface area (Å²) in [5, 5.41) is 11.9. The lowest BCUT2D eigenvalue weighted by Gasteiger charge is -2.34. The van der Waals surface area contributed by atoms with Gasteiger partial charge in [0.1, 0.15) is 0 Å². The zero-order chi connectivity index (χ0) is 17.6. The van der Waals surface area contributed by atoms with Crippen LogP contribution in [0.15, 0.2) is 30.9 Å². The lowest BCUT2D eigenvalue weighted by atomic mass is 10.0. The molecule has 3 rings (SSSR count). The van der Waals surface area contributed by atoms with Crippen LogP contribution in [0.1, 0.15) is 51.8 Å². The predicted molar refractivity (Wildman–Crippen MR) is 90.3 cm³/mol. The molecule has 25 heavy (non-hydrogen) atoms. The molecule has 1 aliphatic heterocycles. The van der Waals surface area contributed by atoms with Gasteiger partial charge >= 0.3 is 5.97 Å². The number of piperidine rings is 1. The van der Waals surface area contributed by atoms with Crippen LogP contribution in [0.2, 0.25) is 0 Å². The zero-order valence-electron chi connectivity index (χ0n) is 13.8. The third kappa shape index (κ3) is 4.03. The second-order valence-corrected chi connectivity index (χ2v) is 6.04. The minimum absolute atomic E-state index is 0.00479. The molecule has 3 N–H and O–H groups in total. The molecular weight excluding hydrogens is 322 g/mol. The van der Waals surface area contributed by atoms with E-state index in [1.54, 1.807) is 6.20 Å². The summed E-state index contributed by atoms with van der Waals surface area (Å²) in [6.07, 6.45) is 8.22. The van der Waals surface area contributed by atoms with Crippen LogP contribution in [0.3, 0.4) is 0 Å². The summed E-state index contributed by atoms with van der Waals surface area (Å²) in [4.78, 5) is 36.3. The number of H-pyrrole nitrogens is 1. The Bertz CT molecular complexity index is 725. The number of aromatic carboxylic acids is 1. The molecule has 1 saturated heterocycles. The SMILES string of the molecule is O=C(NC[C@@H](c1cccnc1)N1CCCCC1)c1nc[nH]c1C(=O)O. The van der Waals surface area contributed by atoms with Crippen molar-refractivity contribution in [3.63, 3.8) is 0 Å². The fraction of sp³-hybridized carbons (Fsp3) is 0.412. The first-order valence-corrected chi connectivity index (χ1v) is 8.35. The summed E-state index contributed by atoms with van der Waals surface area (Å²) in [5.74, 6) is -1.70. The standard InChI is InChI=1S/C17H21N5O3/c23-16(14-15(17(24)25)21-11-20-14)19-10-13(12-5-4-6-18-9-12)22-7-2-1-3-8-22/h4-6,9,11,13H,1-3,7-8,10H2,(H,19,23)(H,20,21)(H,24,25)/t13-/m0/s1. The Labute approximate surface area is 145 Å². The van der Waals surface area contributed by atoms with Gasteiger partial charge in [0.2, 0.25) is 0 Å². The maximum atomic E-state index is 12.4. The average Bonchev–Trinajstić information content (AvgIpc) is 3.14. The van der Waals surface area contributed by atoms with E-state index in [1.807, 2.05) is 18.3 Å². The van der Waals surface area contributed by atoms with Gasteiger partial charge in [0.05, 0.1) is 12.4 Å². The number of carboxylic acid groups (broad SMARTS) is 1. The van der Waals surface area contributed by atoms with Crippen LogP contribution in [0.5, 0.6) is 0 Å². The summed E-state index contributed by atoms with van der Waals surface area (Å²) in [6.45, 7) is 2.31. The molecule has 0 spiro atoms. The molecule has 0 aliphatic carbocycles. The average molecular weight is 343 g/mol. The van der Waals surface area contributed by atoms with Gasteiger partial charge in [-0.2, -0.15) is 0 Å². The molecule has 132 valence electrons. The van der Waals surface area contributed by atoms with Crippen molar-refractivity contribution in [3.8, 4) is 0 Å². The van der Waals surface area contributed by atoms with Crippen molar-refractivity contribution in [1.82, 2.24) is 25.2 Å². The Morgan fingerprint density at radius 1 is 1.32 bits per heavy atom. The van der Waals surface area contributed by atoms with Gasteiger partial charge in [-0.15, -0.1) is 0 Å². The number of nitrogens with one attached hydrogen (secondary N) is 2. The van der Waals surface area contributed by atoms with Crippen molar-refractivity contribution >= 4 is 11.9 Å². The maximum absolute atomic E-state index is 12.4. The number of amides is 1. The number of carbonyl (C=O) groups excluding carboxylic acids is 1. The fourth-order valence-corrected chi connectivity index (χ4v) is 3.16. The summed E-state index contributed by atoms with van der Waals surface area (Å²) in [7, 11) is 0. The van der Waals surface area contributed by atoms with E-state index in [-0.39, 0.29) is 17.4 Å². The highest BCUT2D eigenvalue weighted by Gasteiger charge is 2.25. The highest BCUT2D eigenvalue weighted by atomic mass is 16.4. The molecule has 0 saturated carbocycles. The first-order valence-electron chi connectivity index (χ1n) is 8.35. The van der Waals surface area contributed by atoms with E-state index in [9.17, 15) is 9.59 Å². The number of carboxylic acids is 1. The van der Waals surface area contributed by atoms with Gasteiger partial charge in [-0.05, 0) is 37.6 Å². The van der Waals surface area contributed by atoms with E-state index in [0.717, 1.165) is 31.5 Å². The number of likely N-dealkylation sites (tertiary alicyclic amines) is 1.